The number of hydrogen-bond acceptors (Lipinski definition) is 2. The third kappa shape index (κ3) is 4.87. The van der Waals surface area contributed by atoms with Crippen LogP contribution in [0.5, 0.6) is 0 Å². The van der Waals surface area contributed by atoms with Crippen molar-refractivity contribution in [2.75, 3.05) is 32.1 Å². The quantitative estimate of drug-likeness (QED) is 0.716. The summed E-state index contributed by atoms with van der Waals surface area (Å²) in [4.78, 5) is 13.6. The fraction of sp³-hybridized carbons (Fsp3) is 0.462. The highest BCUT2D eigenvalue weighted by Crippen LogP contribution is 2.13. The molecule has 6 heteroatoms. The zero-order valence-corrected chi connectivity index (χ0v) is 12.3. The normalized spacial score (nSPS) is 10.5. The first-order valence-electron chi connectivity index (χ1n) is 5.85. The highest BCUT2D eigenvalue weighted by molar-refractivity contribution is 9.09. The van der Waals surface area contributed by atoms with Crippen LogP contribution in [0.1, 0.15) is 5.56 Å². The molecular weight excluding hydrogens is 320 g/mol. The molecule has 0 aliphatic rings. The molecule has 0 radical (unpaired) electrons. The van der Waals surface area contributed by atoms with E-state index >= 15 is 0 Å². The second-order valence-electron chi connectivity index (χ2n) is 3.95. The zero-order valence-electron chi connectivity index (χ0n) is 10.7. The molecule has 0 bridgehead atoms. The minimum absolute atomic E-state index is 0.0713. The largest absolute Gasteiger partial charge is 0.383 e. The number of carbonyl (C=O) groups is 1. The van der Waals surface area contributed by atoms with Gasteiger partial charge in [-0.05, 0) is 6.07 Å². The van der Waals surface area contributed by atoms with Gasteiger partial charge in [0.25, 0.3) is 0 Å². The third-order valence-electron chi connectivity index (χ3n) is 2.65. The average molecular weight is 336 g/mol. The summed E-state index contributed by atoms with van der Waals surface area (Å²) in [6, 6.07) is 3.84. The maximum Gasteiger partial charge on any atom is 0.227 e. The van der Waals surface area contributed by atoms with Crippen LogP contribution in [-0.2, 0) is 16.0 Å². The number of methoxy groups -OCH3 is 1. The van der Waals surface area contributed by atoms with Crippen LogP contribution in [0.2, 0.25) is 0 Å². The first-order valence-corrected chi connectivity index (χ1v) is 6.97. The molecule has 1 aromatic carbocycles. The summed E-state index contributed by atoms with van der Waals surface area (Å²) in [5, 5.41) is 0.619. The monoisotopic (exact) mass is 335 g/mol. The number of hydrogen-bond donors (Lipinski definition) is 0. The van der Waals surface area contributed by atoms with Gasteiger partial charge in [0.1, 0.15) is 0 Å². The summed E-state index contributed by atoms with van der Waals surface area (Å²) in [7, 11) is 1.54. The summed E-state index contributed by atoms with van der Waals surface area (Å²) in [6.45, 7) is 1.33. The Balaban J connectivity index is 2.72. The van der Waals surface area contributed by atoms with Gasteiger partial charge in [-0.1, -0.05) is 28.1 Å². The molecule has 19 heavy (non-hydrogen) atoms. The Morgan fingerprint density at radius 1 is 1.37 bits per heavy atom. The lowest BCUT2D eigenvalue weighted by Gasteiger charge is -2.21. The predicted molar refractivity (Wildman–Crippen MR) is 72.3 cm³/mol. The van der Waals surface area contributed by atoms with E-state index in [4.69, 9.17) is 4.74 Å². The molecule has 0 fully saturated rings. The van der Waals surface area contributed by atoms with Crippen LogP contribution in [0.3, 0.4) is 0 Å². The molecule has 0 unspecified atom stereocenters. The van der Waals surface area contributed by atoms with E-state index in [0.717, 1.165) is 6.07 Å². The number of benzene rings is 1. The van der Waals surface area contributed by atoms with Gasteiger partial charge in [0.05, 0.1) is 13.0 Å². The molecule has 0 atom stereocenters. The second-order valence-corrected chi connectivity index (χ2v) is 4.75. The molecule has 3 nitrogen and oxygen atoms in total. The Morgan fingerprint density at radius 2 is 2.11 bits per heavy atom. The molecule has 0 aliphatic carbocycles. The number of ether oxygens (including phenoxy) is 1. The second kappa shape index (κ2) is 8.22. The maximum absolute atomic E-state index is 13.5. The van der Waals surface area contributed by atoms with Crippen LogP contribution in [0, 0.1) is 11.6 Å². The predicted octanol–water partition coefficient (Wildman–Crippen LogP) is 2.38. The van der Waals surface area contributed by atoms with Crippen molar-refractivity contribution in [2.45, 2.75) is 6.42 Å². The number of rotatable bonds is 7. The highest BCUT2D eigenvalue weighted by atomic mass is 79.9. The van der Waals surface area contributed by atoms with Gasteiger partial charge in [-0.25, -0.2) is 8.78 Å². The first-order chi connectivity index (χ1) is 9.10. The maximum atomic E-state index is 13.5. The van der Waals surface area contributed by atoms with Gasteiger partial charge in [0.15, 0.2) is 11.6 Å². The van der Waals surface area contributed by atoms with Crippen LogP contribution >= 0.6 is 15.9 Å². The molecule has 0 saturated heterocycles. The molecule has 0 aliphatic heterocycles. The fourth-order valence-electron chi connectivity index (χ4n) is 1.62. The smallest absolute Gasteiger partial charge is 0.227 e. The molecule has 0 saturated carbocycles. The lowest BCUT2D eigenvalue weighted by molar-refractivity contribution is -0.130. The van der Waals surface area contributed by atoms with E-state index in [1.807, 2.05) is 0 Å². The Bertz CT molecular complexity index is 429. The van der Waals surface area contributed by atoms with Crippen molar-refractivity contribution in [3.63, 3.8) is 0 Å². The standard InChI is InChI=1S/C13H16BrF2NO2/c1-19-8-7-17(6-5-14)12(18)9-10-3-2-4-11(15)13(10)16/h2-4H,5-9H2,1H3. The third-order valence-corrected chi connectivity index (χ3v) is 3.00. The van der Waals surface area contributed by atoms with Crippen LogP contribution in [-0.4, -0.2) is 42.9 Å². The van der Waals surface area contributed by atoms with E-state index in [9.17, 15) is 13.6 Å². The van der Waals surface area contributed by atoms with Gasteiger partial charge < -0.3 is 9.64 Å². The Hall–Kier alpha value is -1.01. The molecule has 0 N–H and O–H groups in total. The van der Waals surface area contributed by atoms with Crippen molar-refractivity contribution >= 4 is 21.8 Å². The first kappa shape index (κ1) is 16.0. The zero-order chi connectivity index (χ0) is 14.3. The molecule has 0 aromatic heterocycles. The highest BCUT2D eigenvalue weighted by Gasteiger charge is 2.16. The van der Waals surface area contributed by atoms with E-state index in [-0.39, 0.29) is 17.9 Å². The molecule has 106 valence electrons. The van der Waals surface area contributed by atoms with E-state index in [2.05, 4.69) is 15.9 Å². The minimum atomic E-state index is -0.957. The summed E-state index contributed by atoms with van der Waals surface area (Å²) < 4.78 is 31.5. The molecular formula is C13H16BrF2NO2. The Labute approximate surface area is 119 Å². The number of amides is 1. The van der Waals surface area contributed by atoms with Crippen molar-refractivity contribution < 1.29 is 18.3 Å². The van der Waals surface area contributed by atoms with Crippen LogP contribution in [0.25, 0.3) is 0 Å². The summed E-state index contributed by atoms with van der Waals surface area (Å²) in [6.07, 6.45) is -0.152. The Kier molecular flexibility index (Phi) is 6.94. The van der Waals surface area contributed by atoms with Gasteiger partial charge in [0.2, 0.25) is 5.91 Å². The molecule has 0 spiro atoms. The van der Waals surface area contributed by atoms with Gasteiger partial charge in [0, 0.05) is 31.1 Å². The molecule has 1 rings (SSSR count). The van der Waals surface area contributed by atoms with Crippen molar-refractivity contribution in [2.24, 2.45) is 0 Å². The lowest BCUT2D eigenvalue weighted by atomic mass is 10.1. The topological polar surface area (TPSA) is 29.5 Å². The molecule has 1 amide bonds. The van der Waals surface area contributed by atoms with E-state index in [1.54, 1.807) is 12.0 Å². The van der Waals surface area contributed by atoms with Crippen molar-refractivity contribution in [1.82, 2.24) is 4.90 Å². The van der Waals surface area contributed by atoms with Crippen molar-refractivity contribution in [1.29, 1.82) is 0 Å². The van der Waals surface area contributed by atoms with E-state index in [0.29, 0.717) is 25.0 Å². The van der Waals surface area contributed by atoms with Gasteiger partial charge in [-0.2, -0.15) is 0 Å². The fourth-order valence-corrected chi connectivity index (χ4v) is 2.05. The van der Waals surface area contributed by atoms with Gasteiger partial charge in [-0.15, -0.1) is 0 Å². The van der Waals surface area contributed by atoms with E-state index < -0.39 is 11.6 Å². The average Bonchev–Trinajstić information content (AvgIpc) is 2.39. The summed E-state index contributed by atoms with van der Waals surface area (Å²) >= 11 is 3.25. The van der Waals surface area contributed by atoms with Gasteiger partial charge >= 0.3 is 0 Å². The lowest BCUT2D eigenvalue weighted by Crippen LogP contribution is -2.36. The molecule has 0 heterocycles. The summed E-state index contributed by atoms with van der Waals surface area (Å²) in [5.74, 6) is -2.14. The number of nitrogens with zero attached hydrogens (tertiary/aromatic N) is 1. The molecule has 1 aromatic rings. The number of halogens is 3. The van der Waals surface area contributed by atoms with Crippen LogP contribution < -0.4 is 0 Å². The van der Waals surface area contributed by atoms with Gasteiger partial charge in [-0.3, -0.25) is 4.79 Å². The van der Waals surface area contributed by atoms with Crippen LogP contribution in [0.15, 0.2) is 18.2 Å². The van der Waals surface area contributed by atoms with Crippen molar-refractivity contribution in [3.05, 3.63) is 35.4 Å². The van der Waals surface area contributed by atoms with E-state index in [1.165, 1.54) is 12.1 Å². The SMILES string of the molecule is COCCN(CCBr)C(=O)Cc1cccc(F)c1F. The number of alkyl halides is 1. The summed E-state index contributed by atoms with van der Waals surface area (Å²) in [5.41, 5.74) is 0.0713. The minimum Gasteiger partial charge on any atom is -0.383 e. The Morgan fingerprint density at radius 3 is 2.74 bits per heavy atom. The van der Waals surface area contributed by atoms with Crippen LogP contribution in [0.4, 0.5) is 8.78 Å². The number of carbonyl (C=O) groups excluding carboxylic acids is 1. The van der Waals surface area contributed by atoms with Crippen molar-refractivity contribution in [3.8, 4) is 0 Å².